The minimum atomic E-state index is -3.75. The molecule has 0 saturated carbocycles. The molecule has 3 N–H and O–H groups in total. The molecule has 1 heterocycles. The summed E-state index contributed by atoms with van der Waals surface area (Å²) in [6, 6.07) is 16.9. The van der Waals surface area contributed by atoms with Crippen molar-refractivity contribution in [1.82, 2.24) is 14.9 Å². The molecule has 146 valence electrons. The van der Waals surface area contributed by atoms with Crippen molar-refractivity contribution in [2.24, 2.45) is 0 Å². The maximum Gasteiger partial charge on any atom is 0.256 e. The molecule has 0 aliphatic heterocycles. The third-order valence-electron chi connectivity index (χ3n) is 4.18. The van der Waals surface area contributed by atoms with E-state index in [1.165, 1.54) is 18.2 Å². The van der Waals surface area contributed by atoms with E-state index in [4.69, 9.17) is 0 Å². The third kappa shape index (κ3) is 4.85. The molecule has 0 saturated heterocycles. The van der Waals surface area contributed by atoms with Gasteiger partial charge in [0.05, 0.1) is 4.90 Å². The largest absolute Gasteiger partial charge is 0.305 e. The van der Waals surface area contributed by atoms with Crippen LogP contribution >= 0.6 is 0 Å². The second kappa shape index (κ2) is 8.37. The fourth-order valence-corrected chi connectivity index (χ4v) is 3.61. The number of aromatic nitrogens is 2. The zero-order valence-electron chi connectivity index (χ0n) is 15.6. The van der Waals surface area contributed by atoms with Gasteiger partial charge >= 0.3 is 0 Å². The Morgan fingerprint density at radius 3 is 2.50 bits per heavy atom. The van der Waals surface area contributed by atoms with E-state index in [9.17, 15) is 13.2 Å². The number of rotatable bonds is 7. The summed E-state index contributed by atoms with van der Waals surface area (Å²) >= 11 is 0. The van der Waals surface area contributed by atoms with Gasteiger partial charge in [0, 0.05) is 23.9 Å². The van der Waals surface area contributed by atoms with Gasteiger partial charge in [-0.05, 0) is 29.7 Å². The normalized spacial score (nSPS) is 11.5. The fraction of sp³-hybridized carbons (Fsp3) is 0.200. The SMILES string of the molecule is CC(C)c1cc(NC(=O)c2cccc(S(=O)(=O)NCc3ccccc3)c2)n[nH]1. The molecule has 1 amide bonds. The van der Waals surface area contributed by atoms with E-state index in [1.54, 1.807) is 12.1 Å². The lowest BCUT2D eigenvalue weighted by molar-refractivity contribution is 0.102. The van der Waals surface area contributed by atoms with E-state index < -0.39 is 15.9 Å². The first-order valence-electron chi connectivity index (χ1n) is 8.85. The molecule has 0 aliphatic rings. The Morgan fingerprint density at radius 2 is 1.82 bits per heavy atom. The molecule has 1 aromatic heterocycles. The minimum absolute atomic E-state index is 0.0287. The number of hydrogen-bond donors (Lipinski definition) is 3. The highest BCUT2D eigenvalue weighted by Crippen LogP contribution is 2.17. The van der Waals surface area contributed by atoms with Gasteiger partial charge in [-0.2, -0.15) is 5.10 Å². The Bertz CT molecular complexity index is 1060. The third-order valence-corrected chi connectivity index (χ3v) is 5.58. The van der Waals surface area contributed by atoms with Gasteiger partial charge in [0.1, 0.15) is 0 Å². The van der Waals surface area contributed by atoms with Gasteiger partial charge in [-0.25, -0.2) is 13.1 Å². The van der Waals surface area contributed by atoms with Crippen LogP contribution in [0, 0.1) is 0 Å². The van der Waals surface area contributed by atoms with Gasteiger partial charge < -0.3 is 5.32 Å². The van der Waals surface area contributed by atoms with E-state index in [1.807, 2.05) is 44.2 Å². The molecule has 7 nitrogen and oxygen atoms in total. The number of sulfonamides is 1. The maximum atomic E-state index is 12.6. The van der Waals surface area contributed by atoms with Crippen molar-refractivity contribution >= 4 is 21.7 Å². The molecule has 3 aromatic rings. The van der Waals surface area contributed by atoms with Gasteiger partial charge in [0.2, 0.25) is 10.0 Å². The summed E-state index contributed by atoms with van der Waals surface area (Å²) in [5.41, 5.74) is 1.98. The number of amides is 1. The first-order chi connectivity index (χ1) is 13.3. The van der Waals surface area contributed by atoms with Crippen LogP contribution in [0.15, 0.2) is 65.6 Å². The van der Waals surface area contributed by atoms with Crippen molar-refractivity contribution in [2.75, 3.05) is 5.32 Å². The van der Waals surface area contributed by atoms with Crippen molar-refractivity contribution in [3.63, 3.8) is 0 Å². The first kappa shape index (κ1) is 19.8. The van der Waals surface area contributed by atoms with E-state index in [2.05, 4.69) is 20.2 Å². The van der Waals surface area contributed by atoms with E-state index >= 15 is 0 Å². The molecule has 3 rings (SSSR count). The number of benzene rings is 2. The van der Waals surface area contributed by atoms with Gasteiger partial charge in [0.15, 0.2) is 5.82 Å². The second-order valence-corrected chi connectivity index (χ2v) is 8.42. The minimum Gasteiger partial charge on any atom is -0.305 e. The molecule has 0 spiro atoms. The van der Waals surface area contributed by atoms with Crippen LogP contribution in [0.25, 0.3) is 0 Å². The summed E-state index contributed by atoms with van der Waals surface area (Å²) in [7, 11) is -3.75. The lowest BCUT2D eigenvalue weighted by Crippen LogP contribution is -2.23. The summed E-state index contributed by atoms with van der Waals surface area (Å²) in [4.78, 5) is 12.5. The van der Waals surface area contributed by atoms with Crippen LogP contribution in [0.5, 0.6) is 0 Å². The molecule has 2 aromatic carbocycles. The highest BCUT2D eigenvalue weighted by molar-refractivity contribution is 7.89. The van der Waals surface area contributed by atoms with Crippen LogP contribution in [0.3, 0.4) is 0 Å². The van der Waals surface area contributed by atoms with Crippen molar-refractivity contribution in [2.45, 2.75) is 31.2 Å². The van der Waals surface area contributed by atoms with Gasteiger partial charge in [0.25, 0.3) is 5.91 Å². The Balaban J connectivity index is 1.72. The van der Waals surface area contributed by atoms with Crippen molar-refractivity contribution in [3.05, 3.63) is 77.5 Å². The average Bonchev–Trinajstić information content (AvgIpc) is 3.16. The lowest BCUT2D eigenvalue weighted by Gasteiger charge is -2.08. The number of H-pyrrole nitrogens is 1. The Labute approximate surface area is 164 Å². The molecular weight excluding hydrogens is 376 g/mol. The number of carbonyl (C=O) groups excluding carboxylic acids is 1. The van der Waals surface area contributed by atoms with E-state index in [0.717, 1.165) is 11.3 Å². The van der Waals surface area contributed by atoms with Crippen molar-refractivity contribution in [3.8, 4) is 0 Å². The van der Waals surface area contributed by atoms with Crippen molar-refractivity contribution in [1.29, 1.82) is 0 Å². The predicted octanol–water partition coefficient (Wildman–Crippen LogP) is 3.26. The fourth-order valence-electron chi connectivity index (χ4n) is 2.55. The molecular formula is C20H22N4O3S. The average molecular weight is 398 g/mol. The highest BCUT2D eigenvalue weighted by atomic mass is 32.2. The molecule has 0 bridgehead atoms. The zero-order valence-corrected chi connectivity index (χ0v) is 16.5. The number of anilines is 1. The first-order valence-corrected chi connectivity index (χ1v) is 10.3. The summed E-state index contributed by atoms with van der Waals surface area (Å²) < 4.78 is 27.7. The number of carbonyl (C=O) groups is 1. The van der Waals surface area contributed by atoms with Crippen molar-refractivity contribution < 1.29 is 13.2 Å². The van der Waals surface area contributed by atoms with Gasteiger partial charge in [-0.1, -0.05) is 50.2 Å². The lowest BCUT2D eigenvalue weighted by atomic mass is 10.1. The van der Waals surface area contributed by atoms with Crippen LogP contribution in [0.4, 0.5) is 5.82 Å². The van der Waals surface area contributed by atoms with Crippen LogP contribution < -0.4 is 10.0 Å². The molecule has 0 radical (unpaired) electrons. The standard InChI is InChI=1S/C20H22N4O3S/c1-14(2)18-12-19(24-23-18)22-20(25)16-9-6-10-17(11-16)28(26,27)21-13-15-7-4-3-5-8-15/h3-12,14,21H,13H2,1-2H3,(H2,22,23,24,25). The number of nitrogens with zero attached hydrogens (tertiary/aromatic N) is 1. The summed E-state index contributed by atoms with van der Waals surface area (Å²) in [5, 5.41) is 9.58. The smallest absolute Gasteiger partial charge is 0.256 e. The molecule has 8 heteroatoms. The molecule has 0 unspecified atom stereocenters. The number of nitrogens with one attached hydrogen (secondary N) is 3. The molecule has 0 atom stereocenters. The number of hydrogen-bond acceptors (Lipinski definition) is 4. The summed E-state index contributed by atoms with van der Waals surface area (Å²) in [6.45, 7) is 4.19. The van der Waals surface area contributed by atoms with Crippen LogP contribution in [0.1, 0.15) is 41.4 Å². The Morgan fingerprint density at radius 1 is 1.07 bits per heavy atom. The van der Waals surface area contributed by atoms with Crippen LogP contribution in [0.2, 0.25) is 0 Å². The summed E-state index contributed by atoms with van der Waals surface area (Å²) in [5.74, 6) is 0.216. The van der Waals surface area contributed by atoms with E-state index in [-0.39, 0.29) is 22.9 Å². The monoisotopic (exact) mass is 398 g/mol. The molecule has 0 aliphatic carbocycles. The Kier molecular flexibility index (Phi) is 5.91. The molecule has 0 fully saturated rings. The van der Waals surface area contributed by atoms with Gasteiger partial charge in [-0.3, -0.25) is 9.89 Å². The van der Waals surface area contributed by atoms with E-state index in [0.29, 0.717) is 5.82 Å². The summed E-state index contributed by atoms with van der Waals surface area (Å²) in [6.07, 6.45) is 0. The van der Waals surface area contributed by atoms with Gasteiger partial charge in [-0.15, -0.1) is 0 Å². The maximum absolute atomic E-state index is 12.6. The van der Waals surface area contributed by atoms with Crippen LogP contribution in [-0.2, 0) is 16.6 Å². The predicted molar refractivity (Wildman–Crippen MR) is 108 cm³/mol. The van der Waals surface area contributed by atoms with Crippen LogP contribution in [-0.4, -0.2) is 24.5 Å². The quantitative estimate of drug-likeness (QED) is 0.568. The zero-order chi connectivity index (χ0) is 20.1. The highest BCUT2D eigenvalue weighted by Gasteiger charge is 2.17. The molecule has 28 heavy (non-hydrogen) atoms. The Hall–Kier alpha value is -2.97. The number of aromatic amines is 1. The second-order valence-electron chi connectivity index (χ2n) is 6.66. The topological polar surface area (TPSA) is 104 Å².